The lowest BCUT2D eigenvalue weighted by Gasteiger charge is -2.27. The Hall–Kier alpha value is -3.40. The maximum Gasteiger partial charge on any atom is 0.340 e. The van der Waals surface area contributed by atoms with Gasteiger partial charge in [0, 0.05) is 11.8 Å². The van der Waals surface area contributed by atoms with E-state index in [9.17, 15) is 15.0 Å². The highest BCUT2D eigenvalue weighted by molar-refractivity contribution is 5.91. The van der Waals surface area contributed by atoms with Crippen LogP contribution in [0, 0.1) is 0 Å². The zero-order valence-electron chi connectivity index (χ0n) is 16.8. The highest BCUT2D eigenvalue weighted by Crippen LogP contribution is 2.36. The molecule has 0 heterocycles. The monoisotopic (exact) mass is 387 g/mol. The smallest absolute Gasteiger partial charge is 0.340 e. The van der Waals surface area contributed by atoms with Crippen LogP contribution in [0.5, 0.6) is 5.75 Å². The van der Waals surface area contributed by atoms with Crippen molar-refractivity contribution in [1.29, 1.82) is 0 Å². The third kappa shape index (κ3) is 3.92. The summed E-state index contributed by atoms with van der Waals surface area (Å²) in [5, 5.41) is 21.0. The Bertz CT molecular complexity index is 979. The molecular formula is C25H25NO3. The Balaban J connectivity index is 2.21. The van der Waals surface area contributed by atoms with Gasteiger partial charge in [-0.05, 0) is 28.2 Å². The number of aromatic hydroxyl groups is 1. The van der Waals surface area contributed by atoms with Crippen molar-refractivity contribution in [3.8, 4) is 5.75 Å². The SMILES string of the molecule is CC(C)(C)c1cccc(/C=N/C(C(=O)O)(c2ccccc2)c2ccccc2)c1O. The van der Waals surface area contributed by atoms with Gasteiger partial charge >= 0.3 is 5.97 Å². The number of carboxylic acid groups (broad SMARTS) is 1. The van der Waals surface area contributed by atoms with Gasteiger partial charge in [-0.3, -0.25) is 4.99 Å². The van der Waals surface area contributed by atoms with Crippen molar-refractivity contribution in [2.75, 3.05) is 0 Å². The van der Waals surface area contributed by atoms with Crippen molar-refractivity contribution in [2.45, 2.75) is 31.7 Å². The van der Waals surface area contributed by atoms with Gasteiger partial charge in [0.2, 0.25) is 5.54 Å². The molecule has 3 rings (SSSR count). The molecule has 148 valence electrons. The van der Waals surface area contributed by atoms with Gasteiger partial charge in [0.05, 0.1) is 0 Å². The van der Waals surface area contributed by atoms with E-state index in [-0.39, 0.29) is 11.2 Å². The van der Waals surface area contributed by atoms with Gasteiger partial charge in [-0.15, -0.1) is 0 Å². The van der Waals surface area contributed by atoms with Gasteiger partial charge in [-0.2, -0.15) is 0 Å². The van der Waals surface area contributed by atoms with E-state index in [1.54, 1.807) is 54.6 Å². The van der Waals surface area contributed by atoms with E-state index in [0.717, 1.165) is 5.56 Å². The molecular weight excluding hydrogens is 362 g/mol. The first kappa shape index (κ1) is 20.3. The molecule has 0 aromatic heterocycles. The Morgan fingerprint density at radius 1 is 0.828 bits per heavy atom. The van der Waals surface area contributed by atoms with E-state index in [1.165, 1.54) is 6.21 Å². The Morgan fingerprint density at radius 3 is 1.79 bits per heavy atom. The van der Waals surface area contributed by atoms with Crippen LogP contribution in [0.2, 0.25) is 0 Å². The summed E-state index contributed by atoms with van der Waals surface area (Å²) < 4.78 is 0. The zero-order chi connectivity index (χ0) is 21.1. The minimum atomic E-state index is -1.62. The number of rotatable bonds is 5. The van der Waals surface area contributed by atoms with E-state index in [4.69, 9.17) is 0 Å². The standard InChI is InChI=1S/C25H25NO3/c1-24(2,3)21-16-10-11-18(22(21)27)17-26-25(23(28)29,19-12-6-4-7-13-19)20-14-8-5-9-15-20/h4-17,27H,1-3H3,(H,28,29)/b26-17+. The molecule has 0 atom stereocenters. The van der Waals surface area contributed by atoms with Crippen LogP contribution < -0.4 is 0 Å². The zero-order valence-corrected chi connectivity index (χ0v) is 16.8. The summed E-state index contributed by atoms with van der Waals surface area (Å²) in [7, 11) is 0. The predicted octanol–water partition coefficient (Wildman–Crippen LogP) is 5.14. The van der Waals surface area contributed by atoms with E-state index >= 15 is 0 Å². The van der Waals surface area contributed by atoms with Crippen LogP contribution in [0.4, 0.5) is 0 Å². The summed E-state index contributed by atoms with van der Waals surface area (Å²) in [6.07, 6.45) is 1.46. The van der Waals surface area contributed by atoms with Crippen LogP contribution in [0.15, 0.2) is 83.9 Å². The molecule has 4 nitrogen and oxygen atoms in total. The molecule has 0 fully saturated rings. The number of carbonyl (C=O) groups is 1. The number of para-hydroxylation sites is 1. The molecule has 0 aliphatic rings. The number of nitrogens with zero attached hydrogens (tertiary/aromatic N) is 1. The lowest BCUT2D eigenvalue weighted by molar-refractivity contribution is -0.141. The lowest BCUT2D eigenvalue weighted by Crippen LogP contribution is -2.35. The number of hydrogen-bond donors (Lipinski definition) is 2. The second-order valence-corrected chi connectivity index (χ2v) is 8.00. The van der Waals surface area contributed by atoms with Crippen molar-refractivity contribution in [3.05, 3.63) is 101 Å². The molecule has 29 heavy (non-hydrogen) atoms. The fourth-order valence-corrected chi connectivity index (χ4v) is 3.41. The summed E-state index contributed by atoms with van der Waals surface area (Å²) in [6, 6.07) is 23.3. The maximum atomic E-state index is 12.6. The average Bonchev–Trinajstić information content (AvgIpc) is 2.70. The first-order valence-corrected chi connectivity index (χ1v) is 9.49. The molecule has 0 radical (unpaired) electrons. The van der Waals surface area contributed by atoms with Crippen LogP contribution in [-0.2, 0) is 15.7 Å². The normalized spacial score (nSPS) is 12.2. The number of aliphatic carboxylic acids is 1. The molecule has 0 saturated carbocycles. The average molecular weight is 387 g/mol. The van der Waals surface area contributed by atoms with E-state index in [1.807, 2.05) is 45.0 Å². The second kappa shape index (κ2) is 7.92. The van der Waals surface area contributed by atoms with E-state index in [0.29, 0.717) is 16.7 Å². The van der Waals surface area contributed by atoms with Crippen molar-refractivity contribution in [3.63, 3.8) is 0 Å². The first-order valence-electron chi connectivity index (χ1n) is 9.49. The van der Waals surface area contributed by atoms with Crippen molar-refractivity contribution < 1.29 is 15.0 Å². The molecule has 2 N–H and O–H groups in total. The van der Waals surface area contributed by atoms with Crippen molar-refractivity contribution in [2.24, 2.45) is 4.99 Å². The molecule has 4 heteroatoms. The fourth-order valence-electron chi connectivity index (χ4n) is 3.41. The third-order valence-electron chi connectivity index (χ3n) is 4.97. The second-order valence-electron chi connectivity index (χ2n) is 8.00. The summed E-state index contributed by atoms with van der Waals surface area (Å²) >= 11 is 0. The number of aliphatic imine (C=N–C) groups is 1. The van der Waals surface area contributed by atoms with Gasteiger partial charge in [-0.25, -0.2) is 4.79 Å². The van der Waals surface area contributed by atoms with Crippen LogP contribution in [0.1, 0.15) is 43.0 Å². The predicted molar refractivity (Wildman–Crippen MR) is 116 cm³/mol. The Morgan fingerprint density at radius 2 is 1.34 bits per heavy atom. The summed E-state index contributed by atoms with van der Waals surface area (Å²) in [4.78, 5) is 17.1. The molecule has 0 spiro atoms. The number of phenolic OH excluding ortho intramolecular Hbond substituents is 1. The number of phenols is 1. The Kier molecular flexibility index (Phi) is 5.55. The fraction of sp³-hybridized carbons (Fsp3) is 0.200. The third-order valence-corrected chi connectivity index (χ3v) is 4.97. The highest BCUT2D eigenvalue weighted by atomic mass is 16.4. The van der Waals surface area contributed by atoms with Crippen LogP contribution in [0.3, 0.4) is 0 Å². The molecule has 0 saturated heterocycles. The van der Waals surface area contributed by atoms with Gasteiger partial charge < -0.3 is 10.2 Å². The molecule has 0 bridgehead atoms. The molecule has 3 aromatic rings. The van der Waals surface area contributed by atoms with E-state index in [2.05, 4.69) is 4.99 Å². The van der Waals surface area contributed by atoms with Crippen LogP contribution in [-0.4, -0.2) is 22.4 Å². The lowest BCUT2D eigenvalue weighted by atomic mass is 9.83. The van der Waals surface area contributed by atoms with Crippen LogP contribution in [0.25, 0.3) is 0 Å². The van der Waals surface area contributed by atoms with E-state index < -0.39 is 11.5 Å². The van der Waals surface area contributed by atoms with Gasteiger partial charge in [0.25, 0.3) is 0 Å². The van der Waals surface area contributed by atoms with Gasteiger partial charge in [0.15, 0.2) is 0 Å². The summed E-state index contributed by atoms with van der Waals surface area (Å²) in [6.45, 7) is 6.04. The minimum absolute atomic E-state index is 0.115. The van der Waals surface area contributed by atoms with Crippen molar-refractivity contribution in [1.82, 2.24) is 0 Å². The number of benzene rings is 3. The molecule has 0 unspecified atom stereocenters. The first-order chi connectivity index (χ1) is 13.8. The molecule has 0 aliphatic heterocycles. The highest BCUT2D eigenvalue weighted by Gasteiger charge is 2.41. The quantitative estimate of drug-likeness (QED) is 0.596. The Labute approximate surface area is 171 Å². The molecule has 3 aromatic carbocycles. The molecule has 0 aliphatic carbocycles. The van der Waals surface area contributed by atoms with Gasteiger partial charge in [0.1, 0.15) is 5.75 Å². The summed E-state index contributed by atoms with van der Waals surface area (Å²) in [5.74, 6) is -0.971. The number of carboxylic acids is 1. The molecule has 0 amide bonds. The maximum absolute atomic E-state index is 12.6. The summed E-state index contributed by atoms with van der Waals surface area (Å²) in [5.41, 5.74) is 0.475. The van der Waals surface area contributed by atoms with Crippen molar-refractivity contribution >= 4 is 12.2 Å². The minimum Gasteiger partial charge on any atom is -0.507 e. The van der Waals surface area contributed by atoms with Crippen LogP contribution >= 0.6 is 0 Å². The largest absolute Gasteiger partial charge is 0.507 e. The van der Waals surface area contributed by atoms with Gasteiger partial charge in [-0.1, -0.05) is 93.6 Å². The topological polar surface area (TPSA) is 69.9 Å². The number of hydrogen-bond acceptors (Lipinski definition) is 3.